The predicted octanol–water partition coefficient (Wildman–Crippen LogP) is 2.91. The van der Waals surface area contributed by atoms with Gasteiger partial charge in [-0.05, 0) is 23.8 Å². The zero-order chi connectivity index (χ0) is 15.5. The number of hydrogen-bond acceptors (Lipinski definition) is 4. The molecule has 2 heterocycles. The van der Waals surface area contributed by atoms with Gasteiger partial charge < -0.3 is 9.88 Å². The predicted molar refractivity (Wildman–Crippen MR) is 87.9 cm³/mol. The van der Waals surface area contributed by atoms with Crippen LogP contribution in [0.4, 0.5) is 0 Å². The maximum atomic E-state index is 12.2. The zero-order valence-electron chi connectivity index (χ0n) is 12.8. The smallest absolute Gasteiger partial charge is 0.268 e. The molecule has 0 radical (unpaired) electrons. The van der Waals surface area contributed by atoms with Gasteiger partial charge in [0.1, 0.15) is 10.5 Å². The van der Waals surface area contributed by atoms with Crippen LogP contribution in [0.15, 0.2) is 16.2 Å². The van der Waals surface area contributed by atoms with Crippen molar-refractivity contribution in [3.63, 3.8) is 0 Å². The molecule has 0 spiro atoms. The third-order valence-corrected chi connectivity index (χ3v) is 5.32. The highest BCUT2D eigenvalue weighted by molar-refractivity contribution is 7.17. The van der Waals surface area contributed by atoms with Crippen LogP contribution in [0.2, 0.25) is 0 Å². The van der Waals surface area contributed by atoms with Crippen molar-refractivity contribution < 1.29 is 4.79 Å². The standard InChI is InChI=1S/C16H21N3O2S/c1-19(14(20)7-6-11-4-2-3-5-11)10-13-17-12-8-9-22-15(12)16(21)18-13/h8-9,11H,2-7,10H2,1H3,(H,17,18,21). The van der Waals surface area contributed by atoms with Gasteiger partial charge in [0.2, 0.25) is 5.91 Å². The minimum absolute atomic E-state index is 0.123. The Morgan fingerprint density at radius 3 is 3.00 bits per heavy atom. The molecule has 118 valence electrons. The summed E-state index contributed by atoms with van der Waals surface area (Å²) < 4.78 is 0.638. The summed E-state index contributed by atoms with van der Waals surface area (Å²) in [7, 11) is 1.77. The van der Waals surface area contributed by atoms with Crippen LogP contribution in [0.5, 0.6) is 0 Å². The molecule has 0 aromatic carbocycles. The lowest BCUT2D eigenvalue weighted by Crippen LogP contribution is -2.28. The third kappa shape index (κ3) is 3.38. The van der Waals surface area contributed by atoms with Crippen molar-refractivity contribution in [2.75, 3.05) is 7.05 Å². The summed E-state index contributed by atoms with van der Waals surface area (Å²) in [4.78, 5) is 33.0. The Morgan fingerprint density at radius 1 is 1.45 bits per heavy atom. The Bertz CT molecular complexity index is 715. The summed E-state index contributed by atoms with van der Waals surface area (Å²) in [5, 5.41) is 1.85. The number of aromatic amines is 1. The van der Waals surface area contributed by atoms with Crippen LogP contribution in [-0.4, -0.2) is 27.8 Å². The van der Waals surface area contributed by atoms with Gasteiger partial charge in [-0.15, -0.1) is 11.3 Å². The molecule has 1 aliphatic rings. The summed E-state index contributed by atoms with van der Waals surface area (Å²) in [6, 6.07) is 1.83. The van der Waals surface area contributed by atoms with E-state index in [1.807, 2.05) is 11.4 Å². The molecule has 22 heavy (non-hydrogen) atoms. The summed E-state index contributed by atoms with van der Waals surface area (Å²) in [5.74, 6) is 1.39. The molecule has 1 N–H and O–H groups in total. The molecule has 0 bridgehead atoms. The molecule has 1 amide bonds. The zero-order valence-corrected chi connectivity index (χ0v) is 13.6. The average molecular weight is 319 g/mol. The largest absolute Gasteiger partial charge is 0.338 e. The van der Waals surface area contributed by atoms with Gasteiger partial charge in [-0.3, -0.25) is 9.59 Å². The number of carbonyl (C=O) groups excluding carboxylic acids is 1. The first-order valence-electron chi connectivity index (χ1n) is 7.84. The molecule has 1 saturated carbocycles. The second-order valence-corrected chi connectivity index (χ2v) is 7.00. The van der Waals surface area contributed by atoms with E-state index < -0.39 is 0 Å². The van der Waals surface area contributed by atoms with Crippen molar-refractivity contribution in [1.82, 2.24) is 14.9 Å². The van der Waals surface area contributed by atoms with Crippen molar-refractivity contribution in [3.8, 4) is 0 Å². The van der Waals surface area contributed by atoms with Crippen molar-refractivity contribution in [2.45, 2.75) is 45.1 Å². The topological polar surface area (TPSA) is 66.1 Å². The van der Waals surface area contributed by atoms with Crippen LogP contribution in [-0.2, 0) is 11.3 Å². The Morgan fingerprint density at radius 2 is 2.23 bits per heavy atom. The second-order valence-electron chi connectivity index (χ2n) is 6.09. The maximum Gasteiger partial charge on any atom is 0.268 e. The first kappa shape index (κ1) is 15.2. The van der Waals surface area contributed by atoms with E-state index in [9.17, 15) is 9.59 Å². The highest BCUT2D eigenvalue weighted by atomic mass is 32.1. The fraction of sp³-hybridized carbons (Fsp3) is 0.562. The van der Waals surface area contributed by atoms with E-state index in [1.54, 1.807) is 11.9 Å². The van der Waals surface area contributed by atoms with Crippen molar-refractivity contribution in [2.24, 2.45) is 5.92 Å². The number of fused-ring (bicyclic) bond motifs is 1. The molecule has 6 heteroatoms. The fourth-order valence-corrected chi connectivity index (χ4v) is 3.85. The lowest BCUT2D eigenvalue weighted by atomic mass is 10.0. The number of rotatable bonds is 5. The highest BCUT2D eigenvalue weighted by Crippen LogP contribution is 2.28. The number of H-pyrrole nitrogens is 1. The summed E-state index contributed by atoms with van der Waals surface area (Å²) >= 11 is 1.38. The molecular formula is C16H21N3O2S. The second kappa shape index (κ2) is 6.60. The number of nitrogens with zero attached hydrogens (tertiary/aromatic N) is 2. The first-order chi connectivity index (χ1) is 10.6. The average Bonchev–Trinajstić information content (AvgIpc) is 3.15. The number of thiophene rings is 1. The Hall–Kier alpha value is -1.69. The quantitative estimate of drug-likeness (QED) is 0.921. The monoisotopic (exact) mass is 319 g/mol. The van der Waals surface area contributed by atoms with E-state index in [0.29, 0.717) is 29.0 Å². The Labute approximate surface area is 133 Å². The van der Waals surface area contributed by atoms with Gasteiger partial charge in [-0.1, -0.05) is 25.7 Å². The van der Waals surface area contributed by atoms with E-state index in [0.717, 1.165) is 12.3 Å². The number of hydrogen-bond donors (Lipinski definition) is 1. The van der Waals surface area contributed by atoms with Crippen LogP contribution >= 0.6 is 11.3 Å². The van der Waals surface area contributed by atoms with Crippen LogP contribution in [0, 0.1) is 5.92 Å². The van der Waals surface area contributed by atoms with Crippen molar-refractivity contribution >= 4 is 27.5 Å². The molecule has 1 fully saturated rings. The van der Waals surface area contributed by atoms with E-state index in [2.05, 4.69) is 9.97 Å². The van der Waals surface area contributed by atoms with E-state index in [1.165, 1.54) is 37.0 Å². The molecule has 2 aromatic rings. The third-order valence-electron chi connectivity index (χ3n) is 4.42. The SMILES string of the molecule is CN(Cc1nc2ccsc2c(=O)[nH]1)C(=O)CCC1CCCC1. The Kier molecular flexibility index (Phi) is 4.57. The minimum Gasteiger partial charge on any atom is -0.338 e. The normalized spacial score (nSPS) is 15.5. The van der Waals surface area contributed by atoms with Gasteiger partial charge >= 0.3 is 0 Å². The van der Waals surface area contributed by atoms with Crippen LogP contribution in [0.1, 0.15) is 44.3 Å². The molecule has 3 rings (SSSR count). The van der Waals surface area contributed by atoms with Gasteiger partial charge in [-0.25, -0.2) is 4.98 Å². The number of amides is 1. The van der Waals surface area contributed by atoms with Crippen molar-refractivity contribution in [3.05, 3.63) is 27.6 Å². The number of carbonyl (C=O) groups is 1. The van der Waals surface area contributed by atoms with E-state index in [-0.39, 0.29) is 11.5 Å². The molecular weight excluding hydrogens is 298 g/mol. The molecule has 0 saturated heterocycles. The molecule has 0 aliphatic heterocycles. The van der Waals surface area contributed by atoms with Gasteiger partial charge in [-0.2, -0.15) is 0 Å². The van der Waals surface area contributed by atoms with Gasteiger partial charge in [0.15, 0.2) is 0 Å². The number of nitrogens with one attached hydrogen (secondary N) is 1. The first-order valence-corrected chi connectivity index (χ1v) is 8.72. The van der Waals surface area contributed by atoms with Gasteiger partial charge in [0.05, 0.1) is 12.1 Å². The summed E-state index contributed by atoms with van der Waals surface area (Å²) in [5.41, 5.74) is 0.581. The number of aromatic nitrogens is 2. The van der Waals surface area contributed by atoms with Crippen molar-refractivity contribution in [1.29, 1.82) is 0 Å². The maximum absolute atomic E-state index is 12.2. The fourth-order valence-electron chi connectivity index (χ4n) is 3.13. The minimum atomic E-state index is -0.123. The van der Waals surface area contributed by atoms with Gasteiger partial charge in [0, 0.05) is 13.5 Å². The van der Waals surface area contributed by atoms with Gasteiger partial charge in [0.25, 0.3) is 5.56 Å². The summed E-state index contributed by atoms with van der Waals surface area (Å²) in [6.45, 7) is 0.352. The lowest BCUT2D eigenvalue weighted by molar-refractivity contribution is -0.130. The van der Waals surface area contributed by atoms with Crippen LogP contribution in [0.3, 0.4) is 0 Å². The summed E-state index contributed by atoms with van der Waals surface area (Å²) in [6.07, 6.45) is 6.71. The van der Waals surface area contributed by atoms with Crippen LogP contribution in [0.25, 0.3) is 10.2 Å². The lowest BCUT2D eigenvalue weighted by Gasteiger charge is -2.17. The van der Waals surface area contributed by atoms with Crippen LogP contribution < -0.4 is 5.56 Å². The molecule has 2 aromatic heterocycles. The van der Waals surface area contributed by atoms with E-state index >= 15 is 0 Å². The molecule has 0 atom stereocenters. The molecule has 0 unspecified atom stereocenters. The highest BCUT2D eigenvalue weighted by Gasteiger charge is 2.18. The molecule has 1 aliphatic carbocycles. The molecule has 5 nitrogen and oxygen atoms in total. The van der Waals surface area contributed by atoms with E-state index in [4.69, 9.17) is 0 Å². The Balaban J connectivity index is 1.60.